The van der Waals surface area contributed by atoms with Crippen LogP contribution in [-0.4, -0.2) is 18.6 Å². The average molecular weight is 353 g/mol. The summed E-state index contributed by atoms with van der Waals surface area (Å²) >= 11 is 7.17. The fourth-order valence-corrected chi connectivity index (χ4v) is 2.97. The molecule has 0 radical (unpaired) electrons. The normalized spacial score (nSPS) is 10.2. The Balaban J connectivity index is 2.11. The van der Waals surface area contributed by atoms with Crippen molar-refractivity contribution in [3.63, 3.8) is 0 Å². The van der Waals surface area contributed by atoms with Crippen LogP contribution in [0, 0.1) is 0 Å². The number of nitrogens with one attached hydrogen (secondary N) is 2. The molecule has 0 unspecified atom stereocenters. The Kier molecular flexibility index (Phi) is 6.01. The van der Waals surface area contributed by atoms with Crippen molar-refractivity contribution in [2.45, 2.75) is 20.3 Å². The first-order chi connectivity index (χ1) is 11.0. The monoisotopic (exact) mass is 352 g/mol. The molecule has 0 atom stereocenters. The summed E-state index contributed by atoms with van der Waals surface area (Å²) in [4.78, 5) is 25.1. The fraction of sp³-hybridized carbons (Fsp3) is 0.250. The van der Waals surface area contributed by atoms with Crippen LogP contribution >= 0.6 is 22.9 Å². The minimum absolute atomic E-state index is 0.284. The third-order valence-electron chi connectivity index (χ3n) is 2.96. The highest BCUT2D eigenvalue weighted by molar-refractivity contribution is 7.16. The second-order valence-electron chi connectivity index (χ2n) is 4.62. The minimum atomic E-state index is -0.440. The molecule has 2 N–H and O–H groups in total. The first-order valence-electron chi connectivity index (χ1n) is 7.16. The number of hydrogen-bond donors (Lipinski definition) is 2. The van der Waals surface area contributed by atoms with E-state index in [9.17, 15) is 9.59 Å². The number of benzene rings is 1. The smallest absolute Gasteiger partial charge is 0.341 e. The quantitative estimate of drug-likeness (QED) is 0.760. The Labute approximate surface area is 143 Å². The second kappa shape index (κ2) is 7.99. The van der Waals surface area contributed by atoms with Crippen LogP contribution in [0.15, 0.2) is 30.3 Å². The van der Waals surface area contributed by atoms with Crippen LogP contribution in [-0.2, 0) is 11.2 Å². The Morgan fingerprint density at radius 2 is 1.87 bits per heavy atom. The number of aryl methyl sites for hydroxylation is 1. The van der Waals surface area contributed by atoms with Gasteiger partial charge in [0.1, 0.15) is 5.00 Å². The van der Waals surface area contributed by atoms with Gasteiger partial charge in [0.05, 0.1) is 12.2 Å². The molecule has 2 aromatic rings. The molecule has 0 fully saturated rings. The predicted octanol–water partition coefficient (Wildman–Crippen LogP) is 4.78. The van der Waals surface area contributed by atoms with Crippen molar-refractivity contribution < 1.29 is 14.3 Å². The molecule has 122 valence electrons. The lowest BCUT2D eigenvalue weighted by Gasteiger charge is -2.08. The van der Waals surface area contributed by atoms with Crippen LogP contribution in [0.1, 0.15) is 29.1 Å². The molecule has 0 saturated carbocycles. The van der Waals surface area contributed by atoms with E-state index >= 15 is 0 Å². The molecule has 0 bridgehead atoms. The average Bonchev–Trinajstić information content (AvgIpc) is 2.93. The van der Waals surface area contributed by atoms with E-state index in [2.05, 4.69) is 10.6 Å². The Morgan fingerprint density at radius 1 is 1.17 bits per heavy atom. The molecule has 0 saturated heterocycles. The van der Waals surface area contributed by atoms with Gasteiger partial charge in [0.25, 0.3) is 0 Å². The second-order valence-corrected chi connectivity index (χ2v) is 6.19. The molecule has 0 aliphatic rings. The van der Waals surface area contributed by atoms with Gasteiger partial charge in [-0.3, -0.25) is 5.32 Å². The number of urea groups is 1. The summed E-state index contributed by atoms with van der Waals surface area (Å²) in [7, 11) is 0. The Bertz CT molecular complexity index is 698. The standard InChI is InChI=1S/C16H17ClN2O3S/c1-3-12-9-13(15(20)22-4-2)14(23-12)19-16(21)18-11-7-5-10(17)6-8-11/h5-9H,3-4H2,1-2H3,(H2,18,19,21). The summed E-state index contributed by atoms with van der Waals surface area (Å²) in [6, 6.07) is 8.08. The van der Waals surface area contributed by atoms with Crippen molar-refractivity contribution in [2.75, 3.05) is 17.2 Å². The van der Waals surface area contributed by atoms with E-state index in [0.717, 1.165) is 11.3 Å². The molecule has 0 spiro atoms. The van der Waals surface area contributed by atoms with Gasteiger partial charge in [-0.1, -0.05) is 18.5 Å². The van der Waals surface area contributed by atoms with Crippen molar-refractivity contribution >= 4 is 45.6 Å². The zero-order valence-corrected chi connectivity index (χ0v) is 14.4. The first kappa shape index (κ1) is 17.3. The highest BCUT2D eigenvalue weighted by Gasteiger charge is 2.18. The molecule has 0 aliphatic carbocycles. The molecule has 23 heavy (non-hydrogen) atoms. The van der Waals surface area contributed by atoms with E-state index in [1.54, 1.807) is 37.3 Å². The fourth-order valence-electron chi connectivity index (χ4n) is 1.87. The first-order valence-corrected chi connectivity index (χ1v) is 8.36. The number of hydrogen-bond acceptors (Lipinski definition) is 4. The summed E-state index contributed by atoms with van der Waals surface area (Å²) in [5.74, 6) is -0.440. The number of amides is 2. The SMILES string of the molecule is CCOC(=O)c1cc(CC)sc1NC(=O)Nc1ccc(Cl)cc1. The van der Waals surface area contributed by atoms with E-state index in [0.29, 0.717) is 21.3 Å². The molecule has 1 heterocycles. The summed E-state index contributed by atoms with van der Waals surface area (Å²) in [5.41, 5.74) is 0.983. The summed E-state index contributed by atoms with van der Waals surface area (Å²) in [6.07, 6.45) is 0.775. The highest BCUT2D eigenvalue weighted by Crippen LogP contribution is 2.29. The van der Waals surface area contributed by atoms with Gasteiger partial charge in [-0.2, -0.15) is 0 Å². The summed E-state index contributed by atoms with van der Waals surface area (Å²) in [6.45, 7) is 4.01. The van der Waals surface area contributed by atoms with Crippen molar-refractivity contribution in [1.29, 1.82) is 0 Å². The number of ether oxygens (including phenoxy) is 1. The van der Waals surface area contributed by atoms with E-state index in [4.69, 9.17) is 16.3 Å². The van der Waals surface area contributed by atoms with Gasteiger partial charge in [-0.15, -0.1) is 11.3 Å². The molecule has 2 rings (SSSR count). The number of rotatable bonds is 5. The van der Waals surface area contributed by atoms with Gasteiger partial charge < -0.3 is 10.1 Å². The molecule has 5 nitrogen and oxygen atoms in total. The zero-order valence-electron chi connectivity index (χ0n) is 12.8. The van der Waals surface area contributed by atoms with Gasteiger partial charge in [-0.05, 0) is 43.7 Å². The van der Waals surface area contributed by atoms with E-state index < -0.39 is 12.0 Å². The highest BCUT2D eigenvalue weighted by atomic mass is 35.5. The zero-order chi connectivity index (χ0) is 16.8. The molecule has 1 aromatic heterocycles. The van der Waals surface area contributed by atoms with Crippen LogP contribution in [0.3, 0.4) is 0 Å². The Morgan fingerprint density at radius 3 is 2.48 bits per heavy atom. The number of carbonyl (C=O) groups excluding carboxylic acids is 2. The van der Waals surface area contributed by atoms with Gasteiger partial charge in [0, 0.05) is 15.6 Å². The molecule has 1 aromatic carbocycles. The molecule has 7 heteroatoms. The van der Waals surface area contributed by atoms with Gasteiger partial charge in [-0.25, -0.2) is 9.59 Å². The van der Waals surface area contributed by atoms with E-state index in [1.165, 1.54) is 11.3 Å². The molecular weight excluding hydrogens is 336 g/mol. The van der Waals surface area contributed by atoms with Crippen molar-refractivity contribution in [3.8, 4) is 0 Å². The predicted molar refractivity (Wildman–Crippen MR) is 93.7 cm³/mol. The van der Waals surface area contributed by atoms with Crippen molar-refractivity contribution in [1.82, 2.24) is 0 Å². The summed E-state index contributed by atoms with van der Waals surface area (Å²) < 4.78 is 5.02. The lowest BCUT2D eigenvalue weighted by atomic mass is 10.2. The van der Waals surface area contributed by atoms with Crippen LogP contribution in [0.2, 0.25) is 5.02 Å². The van der Waals surface area contributed by atoms with Crippen LogP contribution in [0.4, 0.5) is 15.5 Å². The van der Waals surface area contributed by atoms with Gasteiger partial charge in [0.2, 0.25) is 0 Å². The van der Waals surface area contributed by atoms with Crippen LogP contribution in [0.5, 0.6) is 0 Å². The number of carbonyl (C=O) groups is 2. The molecule has 0 aliphatic heterocycles. The maximum atomic E-state index is 12.1. The number of esters is 1. The number of halogens is 1. The Hall–Kier alpha value is -2.05. The van der Waals surface area contributed by atoms with E-state index in [-0.39, 0.29) is 6.61 Å². The number of anilines is 2. The van der Waals surface area contributed by atoms with Crippen molar-refractivity contribution in [3.05, 3.63) is 45.8 Å². The summed E-state index contributed by atoms with van der Waals surface area (Å²) in [5, 5.41) is 6.46. The number of thiophene rings is 1. The minimum Gasteiger partial charge on any atom is -0.462 e. The third kappa shape index (κ3) is 4.71. The van der Waals surface area contributed by atoms with Crippen molar-refractivity contribution in [2.24, 2.45) is 0 Å². The molecular formula is C16H17ClN2O3S. The largest absolute Gasteiger partial charge is 0.462 e. The van der Waals surface area contributed by atoms with Crippen LogP contribution in [0.25, 0.3) is 0 Å². The maximum Gasteiger partial charge on any atom is 0.341 e. The third-order valence-corrected chi connectivity index (χ3v) is 4.40. The van der Waals surface area contributed by atoms with E-state index in [1.807, 2.05) is 6.92 Å². The lowest BCUT2D eigenvalue weighted by molar-refractivity contribution is 0.0528. The van der Waals surface area contributed by atoms with Gasteiger partial charge in [0.15, 0.2) is 0 Å². The maximum absolute atomic E-state index is 12.1. The van der Waals surface area contributed by atoms with Crippen LogP contribution < -0.4 is 10.6 Å². The lowest BCUT2D eigenvalue weighted by Crippen LogP contribution is -2.20. The topological polar surface area (TPSA) is 67.4 Å². The van der Waals surface area contributed by atoms with Gasteiger partial charge >= 0.3 is 12.0 Å². The molecule has 2 amide bonds.